The molecule has 6 heteroatoms. The molecule has 0 saturated carbocycles. The summed E-state index contributed by atoms with van der Waals surface area (Å²) < 4.78 is 5.51. The molecule has 2 aliphatic rings. The van der Waals surface area contributed by atoms with E-state index < -0.39 is 5.60 Å². The minimum Gasteiger partial charge on any atom is -0.444 e. The molecule has 2 atom stereocenters. The van der Waals surface area contributed by atoms with Crippen LogP contribution in [0.25, 0.3) is 11.3 Å². The topological polar surface area (TPSA) is 62.7 Å². The largest absolute Gasteiger partial charge is 0.444 e. The summed E-state index contributed by atoms with van der Waals surface area (Å²) in [5.74, 6) is 0.547. The first-order valence-corrected chi connectivity index (χ1v) is 10.0. The maximum Gasteiger partial charge on any atom is 0.410 e. The van der Waals surface area contributed by atoms with E-state index in [4.69, 9.17) is 4.74 Å². The SMILES string of the molecule is CC(=O)c1ccc(-c2ccc(N3C[C@H]4CN(C(=O)OC(C)(C)C)[C@H]4C3)cn2)cc1. The Hall–Kier alpha value is -2.89. The number of hydrogen-bond acceptors (Lipinski definition) is 5. The van der Waals surface area contributed by atoms with Crippen LogP contribution in [0.3, 0.4) is 0 Å². The van der Waals surface area contributed by atoms with Crippen LogP contribution < -0.4 is 4.90 Å². The van der Waals surface area contributed by atoms with Crippen molar-refractivity contribution in [3.05, 3.63) is 48.2 Å². The number of ketones is 1. The van der Waals surface area contributed by atoms with E-state index in [-0.39, 0.29) is 17.9 Å². The second kappa shape index (κ2) is 7.17. The molecule has 0 unspecified atom stereocenters. The van der Waals surface area contributed by atoms with E-state index in [0.29, 0.717) is 11.5 Å². The Morgan fingerprint density at radius 2 is 1.76 bits per heavy atom. The number of Topliss-reactive ketones (excluding diaryl/α,β-unsaturated/α-hetero) is 1. The number of anilines is 1. The molecule has 0 radical (unpaired) electrons. The van der Waals surface area contributed by atoms with Crippen LogP contribution >= 0.6 is 0 Å². The molecular formula is C23H27N3O3. The Morgan fingerprint density at radius 1 is 1.03 bits per heavy atom. The van der Waals surface area contributed by atoms with Gasteiger partial charge in [-0.3, -0.25) is 9.78 Å². The van der Waals surface area contributed by atoms with Crippen molar-refractivity contribution in [3.8, 4) is 11.3 Å². The van der Waals surface area contributed by atoms with Gasteiger partial charge in [0, 0.05) is 36.7 Å². The van der Waals surface area contributed by atoms with Gasteiger partial charge in [-0.25, -0.2) is 4.79 Å². The fourth-order valence-electron chi connectivity index (χ4n) is 4.00. The summed E-state index contributed by atoms with van der Waals surface area (Å²) in [7, 11) is 0. The summed E-state index contributed by atoms with van der Waals surface area (Å²) in [5.41, 5.74) is 3.16. The molecule has 0 spiro atoms. The van der Waals surface area contributed by atoms with Crippen LogP contribution in [0.2, 0.25) is 0 Å². The van der Waals surface area contributed by atoms with E-state index >= 15 is 0 Å². The molecule has 4 rings (SSSR count). The van der Waals surface area contributed by atoms with Gasteiger partial charge in [0.05, 0.1) is 23.6 Å². The van der Waals surface area contributed by atoms with Gasteiger partial charge in [-0.1, -0.05) is 24.3 Å². The highest BCUT2D eigenvalue weighted by Crippen LogP contribution is 2.36. The van der Waals surface area contributed by atoms with Crippen LogP contribution in [0.15, 0.2) is 42.6 Å². The minimum absolute atomic E-state index is 0.0592. The zero-order valence-corrected chi connectivity index (χ0v) is 17.4. The lowest BCUT2D eigenvalue weighted by molar-refractivity contribution is -0.0163. The molecule has 2 aliphatic heterocycles. The number of carbonyl (C=O) groups is 2. The van der Waals surface area contributed by atoms with Crippen LogP contribution in [0, 0.1) is 5.92 Å². The van der Waals surface area contributed by atoms with Gasteiger partial charge in [-0.05, 0) is 39.8 Å². The number of fused-ring (bicyclic) bond motifs is 1. The third-order valence-electron chi connectivity index (χ3n) is 5.57. The van der Waals surface area contributed by atoms with Gasteiger partial charge in [0.2, 0.25) is 0 Å². The van der Waals surface area contributed by atoms with Gasteiger partial charge < -0.3 is 14.5 Å². The number of aromatic nitrogens is 1. The number of ether oxygens (including phenoxy) is 1. The lowest BCUT2D eigenvalue weighted by atomic mass is 9.93. The lowest BCUT2D eigenvalue weighted by Gasteiger charge is -2.43. The summed E-state index contributed by atoms with van der Waals surface area (Å²) in [6, 6.07) is 11.8. The Labute approximate surface area is 171 Å². The smallest absolute Gasteiger partial charge is 0.410 e. The standard InChI is InChI=1S/C23H27N3O3/c1-15(27)16-5-7-17(8-6-16)20-10-9-19(11-24-20)25-12-18-13-26(21(18)14-25)22(28)29-23(2,3)4/h5-11,18,21H,12-14H2,1-4H3/t18-,21-/m0/s1. The first-order valence-electron chi connectivity index (χ1n) is 10.0. The summed E-state index contributed by atoms with van der Waals surface area (Å²) in [6.45, 7) is 9.73. The highest BCUT2D eigenvalue weighted by atomic mass is 16.6. The van der Waals surface area contributed by atoms with Crippen molar-refractivity contribution in [1.82, 2.24) is 9.88 Å². The summed E-state index contributed by atoms with van der Waals surface area (Å²) in [6.07, 6.45) is 1.67. The van der Waals surface area contributed by atoms with Crippen molar-refractivity contribution in [3.63, 3.8) is 0 Å². The number of hydrogen-bond donors (Lipinski definition) is 0. The first-order chi connectivity index (χ1) is 13.7. The molecule has 1 aromatic carbocycles. The second-order valence-corrected chi connectivity index (χ2v) is 8.90. The molecule has 6 nitrogen and oxygen atoms in total. The summed E-state index contributed by atoms with van der Waals surface area (Å²) in [4.78, 5) is 32.5. The predicted octanol–water partition coefficient (Wildman–Crippen LogP) is 4.01. The summed E-state index contributed by atoms with van der Waals surface area (Å²) in [5, 5.41) is 0. The molecule has 0 bridgehead atoms. The molecule has 0 N–H and O–H groups in total. The van der Waals surface area contributed by atoms with Crippen molar-refractivity contribution in [2.24, 2.45) is 5.92 Å². The van der Waals surface area contributed by atoms with Gasteiger partial charge >= 0.3 is 6.09 Å². The lowest BCUT2D eigenvalue weighted by Crippen LogP contribution is -2.59. The van der Waals surface area contributed by atoms with E-state index in [9.17, 15) is 9.59 Å². The molecule has 29 heavy (non-hydrogen) atoms. The van der Waals surface area contributed by atoms with Crippen LogP contribution in [-0.2, 0) is 4.74 Å². The molecule has 1 amide bonds. The van der Waals surface area contributed by atoms with E-state index in [1.165, 1.54) is 0 Å². The third kappa shape index (κ3) is 3.97. The van der Waals surface area contributed by atoms with E-state index in [2.05, 4.69) is 16.0 Å². The minimum atomic E-state index is -0.469. The molecular weight excluding hydrogens is 366 g/mol. The quantitative estimate of drug-likeness (QED) is 0.738. The monoisotopic (exact) mass is 393 g/mol. The van der Waals surface area contributed by atoms with Crippen LogP contribution in [0.1, 0.15) is 38.1 Å². The predicted molar refractivity (Wildman–Crippen MR) is 112 cm³/mol. The van der Waals surface area contributed by atoms with Crippen LogP contribution in [0.4, 0.5) is 10.5 Å². The molecule has 152 valence electrons. The zero-order valence-electron chi connectivity index (χ0n) is 17.4. The van der Waals surface area contributed by atoms with Crippen molar-refractivity contribution in [2.45, 2.75) is 39.3 Å². The average Bonchev–Trinajstić information content (AvgIpc) is 2.97. The Morgan fingerprint density at radius 3 is 2.34 bits per heavy atom. The zero-order chi connectivity index (χ0) is 20.8. The first kappa shape index (κ1) is 19.4. The fourth-order valence-corrected chi connectivity index (χ4v) is 4.00. The summed E-state index contributed by atoms with van der Waals surface area (Å²) >= 11 is 0. The number of carbonyl (C=O) groups excluding carboxylic acids is 2. The highest BCUT2D eigenvalue weighted by Gasteiger charge is 2.49. The normalized spacial score (nSPS) is 20.8. The number of rotatable bonds is 3. The Bertz CT molecular complexity index is 916. The molecule has 3 heterocycles. The molecule has 2 saturated heterocycles. The number of likely N-dealkylation sites (tertiary alicyclic amines) is 1. The number of amides is 1. The van der Waals surface area contributed by atoms with E-state index in [1.807, 2.05) is 62.2 Å². The fraction of sp³-hybridized carbons (Fsp3) is 0.435. The molecule has 2 aromatic rings. The van der Waals surface area contributed by atoms with Crippen molar-refractivity contribution in [1.29, 1.82) is 0 Å². The number of nitrogens with zero attached hydrogens (tertiary/aromatic N) is 3. The van der Waals surface area contributed by atoms with E-state index in [1.54, 1.807) is 6.92 Å². The van der Waals surface area contributed by atoms with Gasteiger partial charge in [0.15, 0.2) is 5.78 Å². The van der Waals surface area contributed by atoms with Gasteiger partial charge in [0.1, 0.15) is 5.60 Å². The third-order valence-corrected chi connectivity index (χ3v) is 5.57. The van der Waals surface area contributed by atoms with Gasteiger partial charge in [-0.2, -0.15) is 0 Å². The van der Waals surface area contributed by atoms with Crippen molar-refractivity contribution in [2.75, 3.05) is 24.5 Å². The van der Waals surface area contributed by atoms with Crippen molar-refractivity contribution < 1.29 is 14.3 Å². The molecule has 2 fully saturated rings. The number of benzene rings is 1. The van der Waals surface area contributed by atoms with Crippen LogP contribution in [0.5, 0.6) is 0 Å². The molecule has 1 aromatic heterocycles. The highest BCUT2D eigenvalue weighted by molar-refractivity contribution is 5.94. The maximum atomic E-state index is 12.3. The number of pyridine rings is 1. The second-order valence-electron chi connectivity index (χ2n) is 8.90. The maximum absolute atomic E-state index is 12.3. The average molecular weight is 393 g/mol. The van der Waals surface area contributed by atoms with Gasteiger partial charge in [0.25, 0.3) is 0 Å². The van der Waals surface area contributed by atoms with Crippen LogP contribution in [-0.4, -0.2) is 53.0 Å². The Balaban J connectivity index is 1.40. The van der Waals surface area contributed by atoms with E-state index in [0.717, 1.165) is 36.6 Å². The van der Waals surface area contributed by atoms with Crippen molar-refractivity contribution >= 4 is 17.6 Å². The van der Waals surface area contributed by atoms with Gasteiger partial charge in [-0.15, -0.1) is 0 Å². The Kier molecular flexibility index (Phi) is 4.81. The molecule has 0 aliphatic carbocycles.